The van der Waals surface area contributed by atoms with Crippen molar-refractivity contribution in [3.05, 3.63) is 101 Å². The molecule has 0 saturated heterocycles. The molecule has 178 valence electrons. The fourth-order valence-electron chi connectivity index (χ4n) is 3.76. The van der Waals surface area contributed by atoms with Crippen LogP contribution >= 0.6 is 0 Å². The Morgan fingerprint density at radius 1 is 1.11 bits per heavy atom. The minimum atomic E-state index is -0.235. The largest absolute Gasteiger partial charge is 0.493 e. The lowest BCUT2D eigenvalue weighted by atomic mass is 10.1. The first kappa shape index (κ1) is 24.0. The standard InChI is InChI=1S/C29H29N3O3/c1-5-12-23-17-21(18-26(34-4)27(23)35-20(3)6-2)19-30-32-28(22-13-8-7-9-14-22)31-25-16-11-10-15-24(25)29(32)33/h5,7-11,13-20H,1,6,12H2,2-4H3/t20-/m1/s1. The maximum atomic E-state index is 13.4. The van der Waals surface area contributed by atoms with Crippen molar-refractivity contribution in [3.8, 4) is 22.9 Å². The summed E-state index contributed by atoms with van der Waals surface area (Å²) >= 11 is 0. The summed E-state index contributed by atoms with van der Waals surface area (Å²) in [4.78, 5) is 18.1. The molecule has 3 aromatic carbocycles. The first-order valence-corrected chi connectivity index (χ1v) is 11.7. The lowest BCUT2D eigenvalue weighted by molar-refractivity contribution is 0.206. The normalized spacial score (nSPS) is 12.1. The van der Waals surface area contributed by atoms with Crippen LogP contribution in [0.4, 0.5) is 0 Å². The van der Waals surface area contributed by atoms with E-state index < -0.39 is 0 Å². The molecule has 1 heterocycles. The lowest BCUT2D eigenvalue weighted by Crippen LogP contribution is -2.20. The van der Waals surface area contributed by atoms with Gasteiger partial charge < -0.3 is 9.47 Å². The molecule has 6 nitrogen and oxygen atoms in total. The van der Waals surface area contributed by atoms with Crippen molar-refractivity contribution in [2.45, 2.75) is 32.8 Å². The average Bonchev–Trinajstić information content (AvgIpc) is 2.89. The van der Waals surface area contributed by atoms with E-state index in [1.54, 1.807) is 19.4 Å². The summed E-state index contributed by atoms with van der Waals surface area (Å²) in [5.74, 6) is 1.78. The summed E-state index contributed by atoms with van der Waals surface area (Å²) in [5, 5.41) is 5.09. The number of aromatic nitrogens is 2. The van der Waals surface area contributed by atoms with E-state index in [1.807, 2.05) is 73.7 Å². The molecule has 0 saturated carbocycles. The van der Waals surface area contributed by atoms with E-state index in [1.165, 1.54) is 4.68 Å². The molecule has 0 bridgehead atoms. The third-order valence-electron chi connectivity index (χ3n) is 5.74. The molecule has 4 aromatic rings. The SMILES string of the molecule is C=CCc1cc(C=Nn2c(-c3ccccc3)nc3ccccc3c2=O)cc(OC)c1O[C@H](C)CC. The predicted molar refractivity (Wildman–Crippen MR) is 142 cm³/mol. The Kier molecular flexibility index (Phi) is 7.41. The molecular weight excluding hydrogens is 438 g/mol. The maximum Gasteiger partial charge on any atom is 0.282 e. The number of hydrogen-bond acceptors (Lipinski definition) is 5. The van der Waals surface area contributed by atoms with E-state index >= 15 is 0 Å². The minimum absolute atomic E-state index is 0.0441. The van der Waals surface area contributed by atoms with Crippen molar-refractivity contribution in [1.82, 2.24) is 9.66 Å². The van der Waals surface area contributed by atoms with Gasteiger partial charge in [0.05, 0.1) is 30.3 Å². The minimum Gasteiger partial charge on any atom is -0.493 e. The van der Waals surface area contributed by atoms with Gasteiger partial charge in [-0.05, 0) is 49.6 Å². The van der Waals surface area contributed by atoms with Gasteiger partial charge in [0.2, 0.25) is 0 Å². The van der Waals surface area contributed by atoms with Crippen LogP contribution in [-0.4, -0.2) is 29.1 Å². The molecule has 6 heteroatoms. The van der Waals surface area contributed by atoms with Gasteiger partial charge >= 0.3 is 0 Å². The van der Waals surface area contributed by atoms with Gasteiger partial charge in [0.25, 0.3) is 5.56 Å². The van der Waals surface area contributed by atoms with Crippen molar-refractivity contribution < 1.29 is 9.47 Å². The number of hydrogen-bond donors (Lipinski definition) is 0. The molecular formula is C29H29N3O3. The van der Waals surface area contributed by atoms with Crippen LogP contribution in [-0.2, 0) is 6.42 Å². The summed E-state index contributed by atoms with van der Waals surface area (Å²) in [5.41, 5.74) is 2.90. The van der Waals surface area contributed by atoms with Crippen LogP contribution in [0.25, 0.3) is 22.3 Å². The number of benzene rings is 3. The van der Waals surface area contributed by atoms with E-state index in [2.05, 4.69) is 18.6 Å². The highest BCUT2D eigenvalue weighted by molar-refractivity contribution is 5.83. The number of rotatable bonds is 9. The van der Waals surface area contributed by atoms with Gasteiger partial charge in [0, 0.05) is 11.1 Å². The zero-order chi connectivity index (χ0) is 24.8. The Bertz CT molecular complexity index is 1420. The Morgan fingerprint density at radius 2 is 1.86 bits per heavy atom. The fraction of sp³-hybridized carbons (Fsp3) is 0.207. The summed E-state index contributed by atoms with van der Waals surface area (Å²) in [6, 6.07) is 20.7. The number of methoxy groups -OCH3 is 1. The van der Waals surface area contributed by atoms with Crippen LogP contribution in [0.15, 0.2) is 89.3 Å². The van der Waals surface area contributed by atoms with E-state index in [0.717, 1.165) is 23.1 Å². The first-order valence-electron chi connectivity index (χ1n) is 11.7. The molecule has 0 aliphatic carbocycles. The highest BCUT2D eigenvalue weighted by Gasteiger charge is 2.16. The van der Waals surface area contributed by atoms with Gasteiger partial charge in [0.15, 0.2) is 17.3 Å². The van der Waals surface area contributed by atoms with Crippen molar-refractivity contribution in [2.75, 3.05) is 7.11 Å². The van der Waals surface area contributed by atoms with Gasteiger partial charge in [-0.1, -0.05) is 55.5 Å². The van der Waals surface area contributed by atoms with E-state index in [0.29, 0.717) is 34.6 Å². The summed E-state index contributed by atoms with van der Waals surface area (Å²) in [7, 11) is 1.61. The molecule has 0 amide bonds. The zero-order valence-corrected chi connectivity index (χ0v) is 20.3. The molecule has 1 aromatic heterocycles. The molecule has 4 rings (SSSR count). The van der Waals surface area contributed by atoms with E-state index in [4.69, 9.17) is 14.5 Å². The van der Waals surface area contributed by atoms with E-state index in [9.17, 15) is 4.79 Å². The van der Waals surface area contributed by atoms with Gasteiger partial charge in [-0.25, -0.2) is 4.98 Å². The van der Waals surface area contributed by atoms with Gasteiger partial charge in [-0.15, -0.1) is 6.58 Å². The number of fused-ring (bicyclic) bond motifs is 1. The highest BCUT2D eigenvalue weighted by atomic mass is 16.5. The summed E-state index contributed by atoms with van der Waals surface area (Å²) in [6.07, 6.45) is 5.00. The molecule has 0 radical (unpaired) electrons. The molecule has 35 heavy (non-hydrogen) atoms. The summed E-state index contributed by atoms with van der Waals surface area (Å²) in [6.45, 7) is 7.98. The topological polar surface area (TPSA) is 65.7 Å². The van der Waals surface area contributed by atoms with Crippen molar-refractivity contribution in [1.29, 1.82) is 0 Å². The van der Waals surface area contributed by atoms with Crippen LogP contribution in [0.5, 0.6) is 11.5 Å². The number of nitrogens with zero attached hydrogens (tertiary/aromatic N) is 3. The molecule has 0 aliphatic rings. The Morgan fingerprint density at radius 3 is 2.57 bits per heavy atom. The Labute approximate surface area is 205 Å². The Balaban J connectivity index is 1.85. The van der Waals surface area contributed by atoms with Crippen molar-refractivity contribution in [3.63, 3.8) is 0 Å². The fourth-order valence-corrected chi connectivity index (χ4v) is 3.76. The smallest absolute Gasteiger partial charge is 0.282 e. The molecule has 0 N–H and O–H groups in total. The monoisotopic (exact) mass is 467 g/mol. The average molecular weight is 468 g/mol. The molecule has 0 unspecified atom stereocenters. The third-order valence-corrected chi connectivity index (χ3v) is 5.74. The second kappa shape index (κ2) is 10.8. The van der Waals surface area contributed by atoms with Crippen molar-refractivity contribution in [2.24, 2.45) is 5.10 Å². The predicted octanol–water partition coefficient (Wildman–Crippen LogP) is 5.86. The van der Waals surface area contributed by atoms with Crippen LogP contribution in [0.3, 0.4) is 0 Å². The second-order valence-electron chi connectivity index (χ2n) is 8.22. The first-order chi connectivity index (χ1) is 17.0. The van der Waals surface area contributed by atoms with E-state index in [-0.39, 0.29) is 11.7 Å². The zero-order valence-electron chi connectivity index (χ0n) is 20.3. The molecule has 0 fully saturated rings. The lowest BCUT2D eigenvalue weighted by Gasteiger charge is -2.19. The number of allylic oxidation sites excluding steroid dienone is 1. The van der Waals surface area contributed by atoms with Crippen LogP contribution in [0, 0.1) is 0 Å². The molecule has 0 aliphatic heterocycles. The third kappa shape index (κ3) is 5.17. The Hall–Kier alpha value is -4.19. The maximum absolute atomic E-state index is 13.4. The van der Waals surface area contributed by atoms with Crippen LogP contribution in [0.2, 0.25) is 0 Å². The summed E-state index contributed by atoms with van der Waals surface area (Å²) < 4.78 is 13.1. The van der Waals surface area contributed by atoms with Gasteiger partial charge in [-0.3, -0.25) is 4.79 Å². The van der Waals surface area contributed by atoms with Crippen LogP contribution in [0.1, 0.15) is 31.4 Å². The molecule has 1 atom stereocenters. The highest BCUT2D eigenvalue weighted by Crippen LogP contribution is 2.34. The number of ether oxygens (including phenoxy) is 2. The van der Waals surface area contributed by atoms with Crippen LogP contribution < -0.4 is 15.0 Å². The number of para-hydroxylation sites is 1. The van der Waals surface area contributed by atoms with Crippen molar-refractivity contribution >= 4 is 17.1 Å². The quantitative estimate of drug-likeness (QED) is 0.228. The second-order valence-corrected chi connectivity index (χ2v) is 8.22. The van der Waals surface area contributed by atoms with Gasteiger partial charge in [-0.2, -0.15) is 9.78 Å². The molecule has 0 spiro atoms. The van der Waals surface area contributed by atoms with Gasteiger partial charge in [0.1, 0.15) is 0 Å².